The monoisotopic (exact) mass is 382 g/mol. The molecule has 0 bridgehead atoms. The highest BCUT2D eigenvalue weighted by Crippen LogP contribution is 2.35. The average molecular weight is 383 g/mol. The van der Waals surface area contributed by atoms with E-state index < -0.39 is 0 Å². The summed E-state index contributed by atoms with van der Waals surface area (Å²) in [7, 11) is 0. The van der Waals surface area contributed by atoms with Gasteiger partial charge >= 0.3 is 0 Å². The van der Waals surface area contributed by atoms with E-state index in [1.807, 2.05) is 6.07 Å². The van der Waals surface area contributed by atoms with Gasteiger partial charge in [-0.15, -0.1) is 0 Å². The van der Waals surface area contributed by atoms with Gasteiger partial charge in [0.15, 0.2) is 0 Å². The molecule has 5 heteroatoms. The molecule has 5 rings (SSSR count). The topological polar surface area (TPSA) is 46.3 Å². The quantitative estimate of drug-likeness (QED) is 0.695. The number of hydrogen-bond acceptors (Lipinski definition) is 3. The number of fused-ring (bicyclic) bond motifs is 3. The lowest BCUT2D eigenvalue weighted by Gasteiger charge is -2.26. The van der Waals surface area contributed by atoms with Crippen LogP contribution in [-0.4, -0.2) is 30.8 Å². The van der Waals surface area contributed by atoms with Crippen LogP contribution in [0.5, 0.6) is 5.75 Å². The van der Waals surface area contributed by atoms with Crippen molar-refractivity contribution in [3.8, 4) is 5.75 Å². The fourth-order valence-corrected chi connectivity index (χ4v) is 4.38. The molecule has 4 nitrogen and oxygen atoms in total. The van der Waals surface area contributed by atoms with Crippen LogP contribution in [0.25, 0.3) is 10.9 Å². The number of hydrogen-bond donors (Lipinski definition) is 2. The number of H-pyrrole nitrogens is 1. The highest BCUT2D eigenvalue weighted by Gasteiger charge is 2.25. The Kier molecular flexibility index (Phi) is 4.56. The molecule has 1 atom stereocenters. The third-order valence-corrected chi connectivity index (χ3v) is 5.83. The molecule has 2 aliphatic rings. The minimum atomic E-state index is 0.164. The molecule has 3 aromatic rings. The Morgan fingerprint density at radius 3 is 2.67 bits per heavy atom. The molecule has 0 saturated carbocycles. The molecule has 0 radical (unpaired) electrons. The van der Waals surface area contributed by atoms with Crippen LogP contribution < -0.4 is 10.1 Å². The molecule has 27 heavy (non-hydrogen) atoms. The number of nitrogens with one attached hydrogen (secondary N) is 2. The summed E-state index contributed by atoms with van der Waals surface area (Å²) >= 11 is 6.22. The molecular formula is C22H23ClN2O2. The smallest absolute Gasteiger partial charge is 0.119 e. The Morgan fingerprint density at radius 2 is 1.85 bits per heavy atom. The summed E-state index contributed by atoms with van der Waals surface area (Å²) in [5.74, 6) is 0.935. The first-order chi connectivity index (χ1) is 13.3. The van der Waals surface area contributed by atoms with Crippen molar-refractivity contribution in [3.05, 3.63) is 64.3 Å². The maximum absolute atomic E-state index is 6.22. The molecule has 2 aliphatic heterocycles. The maximum atomic E-state index is 6.22. The molecule has 2 aromatic carbocycles. The highest BCUT2D eigenvalue weighted by molar-refractivity contribution is 6.31. The van der Waals surface area contributed by atoms with Crippen molar-refractivity contribution in [1.29, 1.82) is 0 Å². The predicted octanol–water partition coefficient (Wildman–Crippen LogP) is 4.61. The van der Waals surface area contributed by atoms with Gasteiger partial charge in [0.25, 0.3) is 0 Å². The van der Waals surface area contributed by atoms with E-state index in [1.165, 1.54) is 22.2 Å². The van der Waals surface area contributed by atoms with Crippen molar-refractivity contribution in [2.45, 2.75) is 31.4 Å². The van der Waals surface area contributed by atoms with E-state index in [4.69, 9.17) is 21.1 Å². The van der Waals surface area contributed by atoms with Gasteiger partial charge in [0, 0.05) is 41.0 Å². The Bertz CT molecular complexity index is 945. The van der Waals surface area contributed by atoms with Crippen molar-refractivity contribution in [1.82, 2.24) is 10.3 Å². The predicted molar refractivity (Wildman–Crippen MR) is 108 cm³/mol. The fourth-order valence-electron chi connectivity index (χ4n) is 4.21. The Morgan fingerprint density at radius 1 is 1.04 bits per heavy atom. The van der Waals surface area contributed by atoms with Crippen LogP contribution >= 0.6 is 11.6 Å². The van der Waals surface area contributed by atoms with Gasteiger partial charge in [-0.25, -0.2) is 0 Å². The highest BCUT2D eigenvalue weighted by atomic mass is 35.5. The molecule has 1 aromatic heterocycles. The fraction of sp³-hybridized carbons (Fsp3) is 0.364. The Labute approximate surface area is 163 Å². The Hall–Kier alpha value is -2.01. The minimum Gasteiger partial charge on any atom is -0.490 e. The van der Waals surface area contributed by atoms with Crippen LogP contribution in [0.15, 0.2) is 42.5 Å². The molecule has 0 amide bonds. The summed E-state index contributed by atoms with van der Waals surface area (Å²) in [4.78, 5) is 3.61. The summed E-state index contributed by atoms with van der Waals surface area (Å²) in [6.07, 6.45) is 3.21. The maximum Gasteiger partial charge on any atom is 0.119 e. The van der Waals surface area contributed by atoms with Crippen LogP contribution in [-0.2, 0) is 11.2 Å². The first-order valence-corrected chi connectivity index (χ1v) is 10.0. The standard InChI is InChI=1S/C22H23ClN2O2/c23-15-3-6-20-19(13-15)18-7-10-24-21(22(18)25-20)14-1-4-16(5-2-14)27-17-8-11-26-12-9-17/h1-6,13,17,21,24-25H,7-12H2/t21-/m0/s1. The lowest BCUT2D eigenvalue weighted by Crippen LogP contribution is -2.30. The summed E-state index contributed by atoms with van der Waals surface area (Å²) in [5.41, 5.74) is 5.01. The van der Waals surface area contributed by atoms with Crippen molar-refractivity contribution < 1.29 is 9.47 Å². The van der Waals surface area contributed by atoms with Crippen molar-refractivity contribution >= 4 is 22.5 Å². The van der Waals surface area contributed by atoms with Crippen molar-refractivity contribution in [3.63, 3.8) is 0 Å². The second kappa shape index (κ2) is 7.19. The van der Waals surface area contributed by atoms with Crippen LogP contribution in [0, 0.1) is 0 Å². The number of benzene rings is 2. The third kappa shape index (κ3) is 3.33. The zero-order chi connectivity index (χ0) is 18.2. The molecule has 2 N–H and O–H groups in total. The van der Waals surface area contributed by atoms with E-state index in [2.05, 4.69) is 46.7 Å². The van der Waals surface area contributed by atoms with E-state index in [9.17, 15) is 0 Å². The van der Waals surface area contributed by atoms with E-state index in [-0.39, 0.29) is 12.1 Å². The summed E-state index contributed by atoms with van der Waals surface area (Å²) in [6.45, 7) is 2.54. The van der Waals surface area contributed by atoms with Crippen molar-refractivity contribution in [2.75, 3.05) is 19.8 Å². The summed E-state index contributed by atoms with van der Waals surface area (Å²) in [6, 6.07) is 14.7. The molecular weight excluding hydrogens is 360 g/mol. The van der Waals surface area contributed by atoms with Crippen LogP contribution in [0.1, 0.15) is 35.7 Å². The van der Waals surface area contributed by atoms with Crippen LogP contribution in [0.2, 0.25) is 5.02 Å². The second-order valence-electron chi connectivity index (χ2n) is 7.34. The molecule has 3 heterocycles. The molecule has 0 aliphatic carbocycles. The van der Waals surface area contributed by atoms with Gasteiger partial charge < -0.3 is 19.8 Å². The molecule has 140 valence electrons. The third-order valence-electron chi connectivity index (χ3n) is 5.60. The van der Waals surface area contributed by atoms with Crippen LogP contribution in [0.3, 0.4) is 0 Å². The van der Waals surface area contributed by atoms with E-state index in [0.717, 1.165) is 55.3 Å². The number of ether oxygens (including phenoxy) is 2. The number of aromatic amines is 1. The summed E-state index contributed by atoms with van der Waals surface area (Å²) < 4.78 is 11.5. The van der Waals surface area contributed by atoms with Gasteiger partial charge in [-0.05, 0) is 47.9 Å². The van der Waals surface area contributed by atoms with E-state index in [1.54, 1.807) is 0 Å². The van der Waals surface area contributed by atoms with Gasteiger partial charge in [-0.2, -0.15) is 0 Å². The van der Waals surface area contributed by atoms with E-state index in [0.29, 0.717) is 0 Å². The molecule has 1 fully saturated rings. The molecule has 0 spiro atoms. The first kappa shape index (κ1) is 17.1. The lowest BCUT2D eigenvalue weighted by molar-refractivity contribution is 0.0255. The number of aromatic nitrogens is 1. The SMILES string of the molecule is Clc1ccc2[nH]c3c(c2c1)CCN[C@H]3c1ccc(OC2CCOCC2)cc1. The van der Waals surface area contributed by atoms with Crippen LogP contribution in [0.4, 0.5) is 0 Å². The van der Waals surface area contributed by atoms with E-state index >= 15 is 0 Å². The number of rotatable bonds is 3. The lowest BCUT2D eigenvalue weighted by atomic mass is 9.94. The number of halogens is 1. The van der Waals surface area contributed by atoms with Crippen molar-refractivity contribution in [2.24, 2.45) is 0 Å². The normalized spacial score (nSPS) is 20.6. The minimum absolute atomic E-state index is 0.164. The van der Waals surface area contributed by atoms with Gasteiger partial charge in [0.05, 0.1) is 19.3 Å². The summed E-state index contributed by atoms with van der Waals surface area (Å²) in [5, 5.41) is 5.67. The molecule has 1 saturated heterocycles. The first-order valence-electron chi connectivity index (χ1n) is 9.66. The van der Waals surface area contributed by atoms with Gasteiger partial charge in [0.2, 0.25) is 0 Å². The average Bonchev–Trinajstić information content (AvgIpc) is 3.07. The second-order valence-corrected chi connectivity index (χ2v) is 7.78. The van der Waals surface area contributed by atoms with Gasteiger partial charge in [-0.1, -0.05) is 23.7 Å². The zero-order valence-electron chi connectivity index (χ0n) is 15.1. The molecule has 0 unspecified atom stereocenters. The largest absolute Gasteiger partial charge is 0.490 e. The van der Waals surface area contributed by atoms with Gasteiger partial charge in [-0.3, -0.25) is 0 Å². The van der Waals surface area contributed by atoms with Gasteiger partial charge in [0.1, 0.15) is 11.9 Å². The zero-order valence-corrected chi connectivity index (χ0v) is 15.9. The Balaban J connectivity index is 1.41.